The van der Waals surface area contributed by atoms with Crippen molar-refractivity contribution < 1.29 is 13.2 Å². The monoisotopic (exact) mass is 376 g/mol. The molecule has 1 fully saturated rings. The minimum Gasteiger partial charge on any atom is -0.268 e. The number of rotatable bonds is 4. The number of carbonyl (C=O) groups is 1. The van der Waals surface area contributed by atoms with E-state index in [0.717, 1.165) is 17.1 Å². The van der Waals surface area contributed by atoms with E-state index < -0.39 is 9.84 Å². The highest BCUT2D eigenvalue weighted by Gasteiger charge is 2.36. The largest absolute Gasteiger partial charge is 0.268 e. The van der Waals surface area contributed by atoms with Crippen molar-refractivity contribution in [2.75, 3.05) is 25.6 Å². The molecule has 0 aliphatic carbocycles. The predicted octanol–water partition coefficient (Wildman–Crippen LogP) is 1.60. The lowest BCUT2D eigenvalue weighted by Gasteiger charge is -2.33. The van der Waals surface area contributed by atoms with Gasteiger partial charge in [-0.3, -0.25) is 9.80 Å². The van der Waals surface area contributed by atoms with Crippen molar-refractivity contribution in [3.63, 3.8) is 0 Å². The first kappa shape index (κ1) is 18.6. The van der Waals surface area contributed by atoms with Crippen LogP contribution in [0.2, 0.25) is 0 Å². The van der Waals surface area contributed by atoms with Gasteiger partial charge in [0.05, 0.1) is 28.9 Å². The molecule has 0 N–H and O–H groups in total. The molecule has 0 spiro atoms. The van der Waals surface area contributed by atoms with Gasteiger partial charge >= 0.3 is 0 Å². The molecule has 26 heavy (non-hydrogen) atoms. The Kier molecular flexibility index (Phi) is 4.90. The van der Waals surface area contributed by atoms with Crippen LogP contribution >= 0.6 is 0 Å². The summed E-state index contributed by atoms with van der Waals surface area (Å²) >= 11 is 0. The summed E-state index contributed by atoms with van der Waals surface area (Å²) < 4.78 is 25.4. The SMILES string of the molecule is Cc1cc(C)n(-c2ccc(C(=O)N([C@@H]3CCS(=O)(=O)C3)N(C)C)cc2)n1. The van der Waals surface area contributed by atoms with Crippen LogP contribution in [0.15, 0.2) is 30.3 Å². The second kappa shape index (κ2) is 6.85. The second-order valence-electron chi connectivity index (χ2n) is 6.94. The van der Waals surface area contributed by atoms with Gasteiger partial charge < -0.3 is 0 Å². The first-order valence-corrected chi connectivity index (χ1v) is 10.3. The normalized spacial score (nSPS) is 19.0. The average molecular weight is 376 g/mol. The van der Waals surface area contributed by atoms with Gasteiger partial charge in [0.2, 0.25) is 0 Å². The molecule has 1 atom stereocenters. The van der Waals surface area contributed by atoms with Crippen molar-refractivity contribution in [1.82, 2.24) is 19.8 Å². The maximum Gasteiger partial charge on any atom is 0.268 e. The first-order chi connectivity index (χ1) is 12.2. The van der Waals surface area contributed by atoms with Gasteiger partial charge in [0.25, 0.3) is 5.91 Å². The molecule has 2 aromatic rings. The molecule has 0 bridgehead atoms. The lowest BCUT2D eigenvalue weighted by Crippen LogP contribution is -2.49. The van der Waals surface area contributed by atoms with E-state index in [0.29, 0.717) is 12.0 Å². The summed E-state index contributed by atoms with van der Waals surface area (Å²) in [5.41, 5.74) is 3.36. The highest BCUT2D eigenvalue weighted by atomic mass is 32.2. The summed E-state index contributed by atoms with van der Waals surface area (Å²) in [5, 5.41) is 7.66. The molecule has 2 heterocycles. The molecule has 3 rings (SSSR count). The number of carbonyl (C=O) groups excluding carboxylic acids is 1. The van der Waals surface area contributed by atoms with Gasteiger partial charge in [-0.1, -0.05) is 0 Å². The highest BCUT2D eigenvalue weighted by Crippen LogP contribution is 2.21. The van der Waals surface area contributed by atoms with E-state index in [1.807, 2.05) is 36.7 Å². The van der Waals surface area contributed by atoms with Crippen molar-refractivity contribution in [3.05, 3.63) is 47.3 Å². The summed E-state index contributed by atoms with van der Waals surface area (Å²) in [6.45, 7) is 3.92. The Labute approximate surface area is 154 Å². The molecule has 0 saturated carbocycles. The van der Waals surface area contributed by atoms with E-state index >= 15 is 0 Å². The molecule has 140 valence electrons. The molecule has 0 radical (unpaired) electrons. The Hall–Kier alpha value is -2.19. The lowest BCUT2D eigenvalue weighted by molar-refractivity contribution is 0.00101. The number of aryl methyl sites for hydroxylation is 2. The number of sulfone groups is 1. The van der Waals surface area contributed by atoms with Crippen LogP contribution in [-0.2, 0) is 9.84 Å². The van der Waals surface area contributed by atoms with Gasteiger partial charge in [-0.05, 0) is 50.6 Å². The Morgan fingerprint density at radius 3 is 2.31 bits per heavy atom. The fraction of sp³-hybridized carbons (Fsp3) is 0.444. The topological polar surface area (TPSA) is 75.5 Å². The van der Waals surface area contributed by atoms with Crippen molar-refractivity contribution in [2.45, 2.75) is 26.3 Å². The lowest BCUT2D eigenvalue weighted by atomic mass is 10.1. The number of benzene rings is 1. The molecule has 0 unspecified atom stereocenters. The highest BCUT2D eigenvalue weighted by molar-refractivity contribution is 7.91. The zero-order chi connectivity index (χ0) is 19.1. The van der Waals surface area contributed by atoms with Crippen LogP contribution in [0.3, 0.4) is 0 Å². The zero-order valence-corrected chi connectivity index (χ0v) is 16.3. The third kappa shape index (κ3) is 3.66. The number of aromatic nitrogens is 2. The Bertz CT molecular complexity index is 916. The third-order valence-corrected chi connectivity index (χ3v) is 6.31. The van der Waals surface area contributed by atoms with Crippen LogP contribution in [0.5, 0.6) is 0 Å². The minimum atomic E-state index is -3.07. The molecule has 1 aliphatic rings. The van der Waals surface area contributed by atoms with Crippen LogP contribution in [0.4, 0.5) is 0 Å². The second-order valence-corrected chi connectivity index (χ2v) is 9.17. The van der Waals surface area contributed by atoms with Crippen molar-refractivity contribution in [3.8, 4) is 5.69 Å². The summed E-state index contributed by atoms with van der Waals surface area (Å²) in [5.74, 6) is -0.0515. The Morgan fingerprint density at radius 2 is 1.85 bits per heavy atom. The van der Waals surface area contributed by atoms with E-state index in [2.05, 4.69) is 5.10 Å². The quantitative estimate of drug-likeness (QED) is 0.758. The molecule has 7 nitrogen and oxygen atoms in total. The van der Waals surface area contributed by atoms with Crippen molar-refractivity contribution in [1.29, 1.82) is 0 Å². The van der Waals surface area contributed by atoms with Gasteiger partial charge in [0, 0.05) is 25.4 Å². The van der Waals surface area contributed by atoms with E-state index in [1.165, 1.54) is 0 Å². The van der Waals surface area contributed by atoms with Crippen LogP contribution in [-0.4, -0.2) is 65.8 Å². The molecular formula is C18H24N4O3S. The predicted molar refractivity (Wildman–Crippen MR) is 100.0 cm³/mol. The van der Waals surface area contributed by atoms with Gasteiger partial charge in [-0.15, -0.1) is 0 Å². The number of nitrogens with zero attached hydrogens (tertiary/aromatic N) is 4. The fourth-order valence-corrected chi connectivity index (χ4v) is 5.10. The maximum atomic E-state index is 13.0. The molecule has 8 heteroatoms. The summed E-state index contributed by atoms with van der Waals surface area (Å²) in [6, 6.07) is 8.89. The molecular weight excluding hydrogens is 352 g/mol. The zero-order valence-electron chi connectivity index (χ0n) is 15.5. The smallest absolute Gasteiger partial charge is 0.268 e. The number of amides is 1. The number of hydrogen-bond acceptors (Lipinski definition) is 5. The van der Waals surface area contributed by atoms with Crippen molar-refractivity contribution >= 4 is 15.7 Å². The van der Waals surface area contributed by atoms with Crippen molar-refractivity contribution in [2.24, 2.45) is 0 Å². The fourth-order valence-electron chi connectivity index (χ4n) is 3.41. The standard InChI is InChI=1S/C18H24N4O3S/c1-13-11-14(2)21(19-13)16-7-5-15(6-8-16)18(23)22(20(3)4)17-9-10-26(24,25)12-17/h5-8,11,17H,9-10,12H2,1-4H3/t17-/m1/s1. The summed E-state index contributed by atoms with van der Waals surface area (Å²) in [7, 11) is 0.447. The van der Waals surface area contributed by atoms with Crippen LogP contribution < -0.4 is 0 Å². The van der Waals surface area contributed by atoms with Gasteiger partial charge in [-0.2, -0.15) is 5.10 Å². The van der Waals surface area contributed by atoms with E-state index in [-0.39, 0.29) is 23.5 Å². The Balaban J connectivity index is 1.85. The van der Waals surface area contributed by atoms with Gasteiger partial charge in [-0.25, -0.2) is 18.1 Å². The van der Waals surface area contributed by atoms with Crippen LogP contribution in [0.25, 0.3) is 5.69 Å². The van der Waals surface area contributed by atoms with Gasteiger partial charge in [0.1, 0.15) is 0 Å². The number of hydrogen-bond donors (Lipinski definition) is 0. The van der Waals surface area contributed by atoms with Crippen LogP contribution in [0, 0.1) is 13.8 Å². The average Bonchev–Trinajstić information content (AvgIpc) is 3.08. The molecule has 1 aromatic carbocycles. The summed E-state index contributed by atoms with van der Waals surface area (Å²) in [6.07, 6.45) is 0.468. The molecule has 1 amide bonds. The van der Waals surface area contributed by atoms with E-state index in [1.54, 1.807) is 36.2 Å². The third-order valence-electron chi connectivity index (χ3n) is 4.56. The first-order valence-electron chi connectivity index (χ1n) is 8.53. The molecule has 1 saturated heterocycles. The van der Waals surface area contributed by atoms with Gasteiger partial charge in [0.15, 0.2) is 9.84 Å². The van der Waals surface area contributed by atoms with E-state index in [4.69, 9.17) is 0 Å². The molecule has 1 aromatic heterocycles. The van der Waals surface area contributed by atoms with Crippen LogP contribution in [0.1, 0.15) is 28.2 Å². The molecule has 1 aliphatic heterocycles. The van der Waals surface area contributed by atoms with E-state index in [9.17, 15) is 13.2 Å². The minimum absolute atomic E-state index is 0.0146. The number of hydrazine groups is 1. The maximum absolute atomic E-state index is 13.0. The Morgan fingerprint density at radius 1 is 1.19 bits per heavy atom. The summed E-state index contributed by atoms with van der Waals surface area (Å²) in [4.78, 5) is 13.0.